The molecule has 5 rings (SSSR count). The molecule has 134 valence electrons. The second-order valence-electron chi connectivity index (χ2n) is 9.47. The van der Waals surface area contributed by atoms with Gasteiger partial charge in [-0.1, -0.05) is 26.2 Å². The van der Waals surface area contributed by atoms with E-state index in [1.165, 1.54) is 0 Å². The third-order valence-corrected chi connectivity index (χ3v) is 7.67. The number of nitrogens with one attached hydrogen (secondary N) is 1. The first kappa shape index (κ1) is 16.4. The van der Waals surface area contributed by atoms with Crippen molar-refractivity contribution in [2.24, 2.45) is 22.5 Å². The number of nitrogens with two attached hydrogens (primary N) is 1. The standard InChI is InChI=1S/C19H30N2O3/c1-2-16-7-13-8-17(10-16,12-18(24,9-13)11-16)15(23)21-19(14(20)22)5-3-4-6-19/h13,24H,2-12H2,1H3,(H2,20,22)(H,21,23)/t13-,16-,17+,18+/m0/s1. The van der Waals surface area contributed by atoms with E-state index in [4.69, 9.17) is 5.73 Å². The number of primary amides is 1. The molecule has 0 aromatic rings. The summed E-state index contributed by atoms with van der Waals surface area (Å²) in [7, 11) is 0. The molecule has 0 aromatic heterocycles. The van der Waals surface area contributed by atoms with Gasteiger partial charge in [-0.3, -0.25) is 9.59 Å². The molecule has 0 heterocycles. The minimum absolute atomic E-state index is 0.0245. The Morgan fingerprint density at radius 3 is 2.42 bits per heavy atom. The summed E-state index contributed by atoms with van der Waals surface area (Å²) in [6.45, 7) is 2.18. The number of rotatable bonds is 4. The smallest absolute Gasteiger partial charge is 0.243 e. The van der Waals surface area contributed by atoms with Crippen molar-refractivity contribution in [1.82, 2.24) is 5.32 Å². The maximum atomic E-state index is 13.3. The normalized spacial score (nSPS) is 45.3. The van der Waals surface area contributed by atoms with Gasteiger partial charge < -0.3 is 16.2 Å². The van der Waals surface area contributed by atoms with E-state index in [-0.39, 0.29) is 11.3 Å². The molecule has 0 radical (unpaired) electrons. The Labute approximate surface area is 143 Å². The summed E-state index contributed by atoms with van der Waals surface area (Å²) >= 11 is 0. The van der Waals surface area contributed by atoms with Crippen LogP contribution in [0.25, 0.3) is 0 Å². The van der Waals surface area contributed by atoms with Crippen molar-refractivity contribution in [3.8, 4) is 0 Å². The van der Waals surface area contributed by atoms with Crippen LogP contribution >= 0.6 is 0 Å². The minimum Gasteiger partial charge on any atom is -0.390 e. The highest BCUT2D eigenvalue weighted by molar-refractivity contribution is 5.93. The lowest BCUT2D eigenvalue weighted by Gasteiger charge is -2.64. The summed E-state index contributed by atoms with van der Waals surface area (Å²) < 4.78 is 0. The van der Waals surface area contributed by atoms with E-state index in [1.54, 1.807) is 0 Å². The zero-order valence-corrected chi connectivity index (χ0v) is 14.7. The highest BCUT2D eigenvalue weighted by Gasteiger charge is 2.65. The fourth-order valence-corrected chi connectivity index (χ4v) is 6.99. The zero-order chi connectivity index (χ0) is 17.2. The number of amides is 2. The van der Waals surface area contributed by atoms with Gasteiger partial charge >= 0.3 is 0 Å². The van der Waals surface area contributed by atoms with Crippen molar-refractivity contribution in [3.63, 3.8) is 0 Å². The lowest BCUT2D eigenvalue weighted by molar-refractivity contribution is -0.205. The van der Waals surface area contributed by atoms with Gasteiger partial charge in [0.15, 0.2) is 0 Å². The van der Waals surface area contributed by atoms with Gasteiger partial charge in [0, 0.05) is 0 Å². The van der Waals surface area contributed by atoms with Gasteiger partial charge in [0.05, 0.1) is 11.0 Å². The van der Waals surface area contributed by atoms with E-state index >= 15 is 0 Å². The fourth-order valence-electron chi connectivity index (χ4n) is 6.99. The van der Waals surface area contributed by atoms with Crippen LogP contribution in [0.5, 0.6) is 0 Å². The van der Waals surface area contributed by atoms with Crippen LogP contribution in [-0.4, -0.2) is 28.1 Å². The van der Waals surface area contributed by atoms with Gasteiger partial charge in [-0.2, -0.15) is 0 Å². The molecule has 0 aliphatic heterocycles. The molecule has 0 aromatic carbocycles. The van der Waals surface area contributed by atoms with Crippen molar-refractivity contribution >= 4 is 11.8 Å². The first-order chi connectivity index (χ1) is 11.2. The molecule has 4 N–H and O–H groups in total. The lowest BCUT2D eigenvalue weighted by atomic mass is 9.42. The average Bonchev–Trinajstić information content (AvgIpc) is 2.94. The second-order valence-corrected chi connectivity index (χ2v) is 9.47. The third kappa shape index (κ3) is 2.23. The van der Waals surface area contributed by atoms with Crippen LogP contribution in [0, 0.1) is 16.7 Å². The highest BCUT2D eigenvalue weighted by atomic mass is 16.3. The van der Waals surface area contributed by atoms with E-state index in [0.29, 0.717) is 25.2 Å². The summed E-state index contributed by atoms with van der Waals surface area (Å²) in [5, 5.41) is 14.2. The van der Waals surface area contributed by atoms with Crippen LogP contribution in [0.2, 0.25) is 0 Å². The maximum Gasteiger partial charge on any atom is 0.243 e. The lowest BCUT2D eigenvalue weighted by Crippen LogP contribution is -2.66. The van der Waals surface area contributed by atoms with Crippen LogP contribution in [0.1, 0.15) is 77.6 Å². The molecule has 0 unspecified atom stereocenters. The fraction of sp³-hybridized carbons (Fsp3) is 0.895. The maximum absolute atomic E-state index is 13.3. The summed E-state index contributed by atoms with van der Waals surface area (Å²) in [6, 6.07) is 0. The van der Waals surface area contributed by atoms with E-state index in [9.17, 15) is 14.7 Å². The molecule has 5 aliphatic carbocycles. The molecule has 24 heavy (non-hydrogen) atoms. The van der Waals surface area contributed by atoms with Gasteiger partial charge in [-0.05, 0) is 62.7 Å². The molecule has 0 saturated heterocycles. The summed E-state index contributed by atoms with van der Waals surface area (Å²) in [6.07, 6.45) is 9.26. The topological polar surface area (TPSA) is 92.4 Å². The number of hydrogen-bond donors (Lipinski definition) is 3. The Kier molecular flexibility index (Phi) is 3.39. The van der Waals surface area contributed by atoms with Crippen molar-refractivity contribution in [1.29, 1.82) is 0 Å². The van der Waals surface area contributed by atoms with E-state index in [1.807, 2.05) is 0 Å². The third-order valence-electron chi connectivity index (χ3n) is 7.67. The van der Waals surface area contributed by atoms with Crippen LogP contribution in [0.4, 0.5) is 0 Å². The predicted octanol–water partition coefficient (Wildman–Crippen LogP) is 2.01. The number of carbonyl (C=O) groups is 2. The van der Waals surface area contributed by atoms with Crippen LogP contribution in [0.3, 0.4) is 0 Å². The minimum atomic E-state index is -0.859. The molecule has 5 fully saturated rings. The Morgan fingerprint density at radius 1 is 1.12 bits per heavy atom. The SMILES string of the molecule is CC[C@@]12C[C@@H]3C[C@@](O)(C1)C[C@@](C(=O)NC1(C(N)=O)CCCC1)(C3)C2. The molecule has 5 heteroatoms. The first-order valence-electron chi connectivity index (χ1n) is 9.60. The Bertz CT molecular complexity index is 585. The Balaban J connectivity index is 1.63. The summed E-state index contributed by atoms with van der Waals surface area (Å²) in [5.74, 6) is 0.00982. The van der Waals surface area contributed by atoms with Crippen LogP contribution < -0.4 is 11.1 Å². The van der Waals surface area contributed by atoms with Gasteiger partial charge in [0.25, 0.3) is 0 Å². The van der Waals surface area contributed by atoms with Crippen molar-refractivity contribution in [3.05, 3.63) is 0 Å². The largest absolute Gasteiger partial charge is 0.390 e. The molecule has 2 amide bonds. The van der Waals surface area contributed by atoms with Crippen LogP contribution in [0.15, 0.2) is 0 Å². The summed E-state index contributed by atoms with van der Waals surface area (Å²) in [5.41, 5.74) is 3.69. The molecule has 5 aliphatic rings. The Hall–Kier alpha value is -1.10. The van der Waals surface area contributed by atoms with E-state index in [2.05, 4.69) is 12.2 Å². The van der Waals surface area contributed by atoms with Gasteiger partial charge in [-0.25, -0.2) is 0 Å². The Morgan fingerprint density at radius 2 is 1.83 bits per heavy atom. The summed E-state index contributed by atoms with van der Waals surface area (Å²) in [4.78, 5) is 25.4. The van der Waals surface area contributed by atoms with Crippen molar-refractivity contribution < 1.29 is 14.7 Å². The van der Waals surface area contributed by atoms with Crippen LogP contribution in [-0.2, 0) is 9.59 Å². The second kappa shape index (κ2) is 4.96. The molecular formula is C19H30N2O3. The molecular weight excluding hydrogens is 304 g/mol. The predicted molar refractivity (Wildman–Crippen MR) is 89.8 cm³/mol. The number of aliphatic hydroxyl groups is 1. The van der Waals surface area contributed by atoms with E-state index in [0.717, 1.165) is 51.4 Å². The number of hydrogen-bond acceptors (Lipinski definition) is 3. The first-order valence-corrected chi connectivity index (χ1v) is 9.60. The van der Waals surface area contributed by atoms with E-state index < -0.39 is 22.5 Å². The molecule has 5 saturated carbocycles. The zero-order valence-electron chi connectivity index (χ0n) is 14.7. The molecule has 5 nitrogen and oxygen atoms in total. The van der Waals surface area contributed by atoms with Gasteiger partial charge in [0.1, 0.15) is 5.54 Å². The van der Waals surface area contributed by atoms with Crippen molar-refractivity contribution in [2.75, 3.05) is 0 Å². The number of carbonyl (C=O) groups excluding carboxylic acids is 2. The quantitative estimate of drug-likeness (QED) is 0.734. The average molecular weight is 334 g/mol. The van der Waals surface area contributed by atoms with Gasteiger partial charge in [0.2, 0.25) is 11.8 Å². The molecule has 4 bridgehead atoms. The van der Waals surface area contributed by atoms with Crippen molar-refractivity contribution in [2.45, 2.75) is 88.7 Å². The highest BCUT2D eigenvalue weighted by Crippen LogP contribution is 2.67. The van der Waals surface area contributed by atoms with Gasteiger partial charge in [-0.15, -0.1) is 0 Å². The molecule has 4 atom stereocenters. The molecule has 0 spiro atoms. The monoisotopic (exact) mass is 334 g/mol.